The number of carbonyl (C=O) groups excluding carboxylic acids is 1. The number of halogens is 3. The molecule has 16 heavy (non-hydrogen) atoms. The molecule has 3 nitrogen and oxygen atoms in total. The molecule has 94 valence electrons. The maximum atomic E-state index is 11.8. The van der Waals surface area contributed by atoms with Crippen LogP contribution in [-0.2, 0) is 4.79 Å². The van der Waals surface area contributed by atoms with Crippen molar-refractivity contribution in [3.8, 4) is 0 Å². The zero-order chi connectivity index (χ0) is 12.0. The van der Waals surface area contributed by atoms with E-state index in [1.165, 1.54) is 0 Å². The molecule has 1 aliphatic heterocycles. The molecule has 0 aromatic rings. The van der Waals surface area contributed by atoms with E-state index in [9.17, 15) is 18.0 Å². The van der Waals surface area contributed by atoms with Crippen molar-refractivity contribution >= 4 is 17.7 Å². The fraction of sp³-hybridized carbons (Fsp3) is 0.889. The molecule has 1 atom stereocenters. The molecule has 1 amide bonds. The van der Waals surface area contributed by atoms with Crippen LogP contribution in [0.15, 0.2) is 0 Å². The molecule has 0 aromatic heterocycles. The quantitative estimate of drug-likeness (QED) is 0.793. The van der Waals surface area contributed by atoms with E-state index >= 15 is 0 Å². The molecule has 0 radical (unpaired) electrons. The number of hydrogen-bond acceptors (Lipinski definition) is 3. The lowest BCUT2D eigenvalue weighted by atomic mass is 10.2. The highest BCUT2D eigenvalue weighted by atomic mass is 32.2. The van der Waals surface area contributed by atoms with Crippen LogP contribution in [-0.4, -0.2) is 42.7 Å². The van der Waals surface area contributed by atoms with Gasteiger partial charge in [0, 0.05) is 11.8 Å². The second-order valence-corrected chi connectivity index (χ2v) is 4.85. The Balaban J connectivity index is 2.10. The first-order chi connectivity index (χ1) is 7.47. The van der Waals surface area contributed by atoms with Crippen LogP contribution >= 0.6 is 11.8 Å². The molecule has 0 saturated carbocycles. The Bertz CT molecular complexity index is 229. The lowest BCUT2D eigenvalue weighted by molar-refractivity contribution is -0.128. The minimum Gasteiger partial charge on any atom is -0.351 e. The summed E-state index contributed by atoms with van der Waals surface area (Å²) >= 11 is 1.76. The first-order valence-corrected chi connectivity index (χ1v) is 6.27. The summed E-state index contributed by atoms with van der Waals surface area (Å²) in [5.74, 6) is 1.58. The number of hydrogen-bond donors (Lipinski definition) is 2. The summed E-state index contributed by atoms with van der Waals surface area (Å²) in [4.78, 5) is 11.2. The largest absolute Gasteiger partial charge is 0.401 e. The fourth-order valence-corrected chi connectivity index (χ4v) is 2.52. The maximum Gasteiger partial charge on any atom is 0.401 e. The Morgan fingerprint density at radius 3 is 2.75 bits per heavy atom. The monoisotopic (exact) mass is 256 g/mol. The molecule has 1 aliphatic rings. The molecule has 2 N–H and O–H groups in total. The number of rotatable bonds is 4. The topological polar surface area (TPSA) is 41.1 Å². The smallest absolute Gasteiger partial charge is 0.351 e. The van der Waals surface area contributed by atoms with E-state index in [-0.39, 0.29) is 18.5 Å². The standard InChI is InChI=1S/C9H15F3N2OS/c10-9(11,12)6-13-4-8(15)14-7-2-1-3-16-5-7/h7,13H,1-6H2,(H,14,15). The summed E-state index contributed by atoms with van der Waals surface area (Å²) in [6, 6.07) is 0.110. The van der Waals surface area contributed by atoms with E-state index in [4.69, 9.17) is 0 Å². The zero-order valence-electron chi connectivity index (χ0n) is 8.77. The molecular formula is C9H15F3N2OS. The van der Waals surface area contributed by atoms with Crippen molar-refractivity contribution in [3.05, 3.63) is 0 Å². The highest BCUT2D eigenvalue weighted by molar-refractivity contribution is 7.99. The SMILES string of the molecule is O=C(CNCC(F)(F)F)NC1CCCSC1. The van der Waals surface area contributed by atoms with Crippen molar-refractivity contribution < 1.29 is 18.0 Å². The Morgan fingerprint density at radius 1 is 1.44 bits per heavy atom. The van der Waals surface area contributed by atoms with Gasteiger partial charge in [0.1, 0.15) is 0 Å². The van der Waals surface area contributed by atoms with Gasteiger partial charge in [-0.15, -0.1) is 0 Å². The number of nitrogens with one attached hydrogen (secondary N) is 2. The van der Waals surface area contributed by atoms with Crippen molar-refractivity contribution in [1.82, 2.24) is 10.6 Å². The average molecular weight is 256 g/mol. The summed E-state index contributed by atoms with van der Waals surface area (Å²) in [5, 5.41) is 4.79. The molecule has 1 rings (SSSR count). The van der Waals surface area contributed by atoms with Crippen LogP contribution < -0.4 is 10.6 Å². The predicted molar refractivity (Wildman–Crippen MR) is 57.4 cm³/mol. The molecule has 1 heterocycles. The van der Waals surface area contributed by atoms with Gasteiger partial charge in [-0.05, 0) is 18.6 Å². The van der Waals surface area contributed by atoms with E-state index in [1.807, 2.05) is 0 Å². The van der Waals surface area contributed by atoms with Gasteiger partial charge in [0.2, 0.25) is 5.91 Å². The third-order valence-electron chi connectivity index (χ3n) is 2.14. The molecular weight excluding hydrogens is 241 g/mol. The summed E-state index contributed by atoms with van der Waals surface area (Å²) in [6.45, 7) is -1.40. The van der Waals surface area contributed by atoms with Gasteiger partial charge in [-0.25, -0.2) is 0 Å². The Morgan fingerprint density at radius 2 is 2.19 bits per heavy atom. The van der Waals surface area contributed by atoms with Gasteiger partial charge in [-0.2, -0.15) is 24.9 Å². The van der Waals surface area contributed by atoms with Crippen LogP contribution in [0.1, 0.15) is 12.8 Å². The van der Waals surface area contributed by atoms with Crippen LogP contribution in [0.4, 0.5) is 13.2 Å². The van der Waals surface area contributed by atoms with E-state index < -0.39 is 12.7 Å². The summed E-state index contributed by atoms with van der Waals surface area (Å²) in [5.41, 5.74) is 0. The Hall–Kier alpha value is -0.430. The lowest BCUT2D eigenvalue weighted by Crippen LogP contribution is -2.44. The molecule has 0 aromatic carbocycles. The third kappa shape index (κ3) is 6.22. The van der Waals surface area contributed by atoms with Gasteiger partial charge >= 0.3 is 6.18 Å². The van der Waals surface area contributed by atoms with Gasteiger partial charge in [-0.3, -0.25) is 4.79 Å². The summed E-state index contributed by atoms with van der Waals surface area (Å²) in [6.07, 6.45) is -2.30. The van der Waals surface area contributed by atoms with Gasteiger partial charge in [-0.1, -0.05) is 0 Å². The summed E-state index contributed by atoms with van der Waals surface area (Å²) < 4.78 is 35.3. The van der Waals surface area contributed by atoms with Crippen LogP contribution in [0.5, 0.6) is 0 Å². The van der Waals surface area contributed by atoms with Crippen LogP contribution in [0.2, 0.25) is 0 Å². The first kappa shape index (κ1) is 13.6. The lowest BCUT2D eigenvalue weighted by Gasteiger charge is -2.22. The molecule has 7 heteroatoms. The van der Waals surface area contributed by atoms with E-state index in [1.54, 1.807) is 11.8 Å². The van der Waals surface area contributed by atoms with Crippen molar-refractivity contribution in [2.24, 2.45) is 0 Å². The van der Waals surface area contributed by atoms with Crippen LogP contribution in [0.3, 0.4) is 0 Å². The first-order valence-electron chi connectivity index (χ1n) is 5.12. The molecule has 0 bridgehead atoms. The molecule has 1 fully saturated rings. The Kier molecular flexibility index (Phi) is 5.40. The zero-order valence-corrected chi connectivity index (χ0v) is 9.59. The van der Waals surface area contributed by atoms with E-state index in [2.05, 4.69) is 10.6 Å². The molecule has 1 saturated heterocycles. The van der Waals surface area contributed by atoms with Crippen molar-refractivity contribution in [2.45, 2.75) is 25.1 Å². The summed E-state index contributed by atoms with van der Waals surface area (Å²) in [7, 11) is 0. The second-order valence-electron chi connectivity index (χ2n) is 3.70. The molecule has 1 unspecified atom stereocenters. The maximum absolute atomic E-state index is 11.8. The predicted octanol–water partition coefficient (Wildman–Crippen LogP) is 1.15. The van der Waals surface area contributed by atoms with E-state index in [0.29, 0.717) is 0 Å². The molecule has 0 aliphatic carbocycles. The number of amides is 1. The Labute approximate surface area is 96.5 Å². The third-order valence-corrected chi connectivity index (χ3v) is 3.35. The molecule has 0 spiro atoms. The van der Waals surface area contributed by atoms with Crippen LogP contribution in [0, 0.1) is 0 Å². The fourth-order valence-electron chi connectivity index (χ4n) is 1.45. The highest BCUT2D eigenvalue weighted by Crippen LogP contribution is 2.16. The number of alkyl halides is 3. The van der Waals surface area contributed by atoms with E-state index in [0.717, 1.165) is 24.3 Å². The van der Waals surface area contributed by atoms with Gasteiger partial charge in [0.25, 0.3) is 0 Å². The normalized spacial score (nSPS) is 21.8. The second kappa shape index (κ2) is 6.34. The highest BCUT2D eigenvalue weighted by Gasteiger charge is 2.26. The number of thioether (sulfide) groups is 1. The number of carbonyl (C=O) groups is 1. The average Bonchev–Trinajstić information content (AvgIpc) is 2.17. The minimum atomic E-state index is -4.26. The van der Waals surface area contributed by atoms with Crippen LogP contribution in [0.25, 0.3) is 0 Å². The van der Waals surface area contributed by atoms with Crippen molar-refractivity contribution in [1.29, 1.82) is 0 Å². The van der Waals surface area contributed by atoms with Gasteiger partial charge in [0.15, 0.2) is 0 Å². The minimum absolute atomic E-state index is 0.110. The van der Waals surface area contributed by atoms with Gasteiger partial charge < -0.3 is 10.6 Å². The van der Waals surface area contributed by atoms with Crippen molar-refractivity contribution in [3.63, 3.8) is 0 Å². The van der Waals surface area contributed by atoms with Gasteiger partial charge in [0.05, 0.1) is 13.1 Å². The van der Waals surface area contributed by atoms with Crippen molar-refractivity contribution in [2.75, 3.05) is 24.6 Å².